The Morgan fingerprint density at radius 2 is 1.70 bits per heavy atom. The monoisotopic (exact) mass is 296 g/mol. The van der Waals surface area contributed by atoms with Crippen LogP contribution in [0.3, 0.4) is 0 Å². The third kappa shape index (κ3) is 2.46. The summed E-state index contributed by atoms with van der Waals surface area (Å²) in [7, 11) is 0. The van der Waals surface area contributed by atoms with Gasteiger partial charge in [-0.1, -0.05) is 43.7 Å². The number of rotatable bonds is 3. The van der Waals surface area contributed by atoms with Crippen molar-refractivity contribution in [2.75, 3.05) is 0 Å². The quantitative estimate of drug-likeness (QED) is 0.899. The maximum absolute atomic E-state index is 11.6. The van der Waals surface area contributed by atoms with Crippen LogP contribution in [0.1, 0.15) is 85.8 Å². The van der Waals surface area contributed by atoms with Crippen molar-refractivity contribution in [3.63, 3.8) is 0 Å². The summed E-state index contributed by atoms with van der Waals surface area (Å²) in [5.74, 6) is -0.651. The van der Waals surface area contributed by atoms with Gasteiger partial charge in [-0.2, -0.15) is 5.10 Å². The van der Waals surface area contributed by atoms with E-state index < -0.39 is 5.97 Å². The van der Waals surface area contributed by atoms with Gasteiger partial charge in [-0.3, -0.25) is 0 Å². The number of hydrogen-bond acceptors (Lipinski definition) is 2. The second-order valence-corrected chi connectivity index (χ2v) is 6.43. The Labute approximate surface area is 124 Å². The first-order valence-corrected chi connectivity index (χ1v) is 8.07. The van der Waals surface area contributed by atoms with Crippen molar-refractivity contribution in [2.24, 2.45) is 0 Å². The first-order chi connectivity index (χ1) is 9.68. The average Bonchev–Trinajstić information content (AvgIpc) is 3.06. The van der Waals surface area contributed by atoms with Crippen LogP contribution in [0.2, 0.25) is 5.15 Å². The topological polar surface area (TPSA) is 55.1 Å². The van der Waals surface area contributed by atoms with E-state index in [1.54, 1.807) is 4.68 Å². The number of nitrogens with zero attached hydrogens (tertiary/aromatic N) is 2. The first-order valence-electron chi connectivity index (χ1n) is 7.69. The number of carbonyl (C=O) groups is 1. The van der Waals surface area contributed by atoms with Crippen molar-refractivity contribution >= 4 is 17.6 Å². The number of aromatic nitrogens is 2. The molecule has 110 valence electrons. The zero-order valence-corrected chi connectivity index (χ0v) is 12.4. The van der Waals surface area contributed by atoms with Crippen LogP contribution >= 0.6 is 11.6 Å². The minimum atomic E-state index is -0.932. The van der Waals surface area contributed by atoms with E-state index in [1.807, 2.05) is 0 Å². The van der Waals surface area contributed by atoms with E-state index in [0.29, 0.717) is 5.15 Å². The molecule has 0 bridgehead atoms. The SMILES string of the molecule is O=C(O)c1c(C2CCCC2)nn(C2CCCCC2)c1Cl. The molecular weight excluding hydrogens is 276 g/mol. The Bertz CT molecular complexity index is 500. The molecule has 1 heterocycles. The van der Waals surface area contributed by atoms with Crippen molar-refractivity contribution in [3.05, 3.63) is 16.4 Å². The Hall–Kier alpha value is -1.03. The first kappa shape index (κ1) is 13.9. The van der Waals surface area contributed by atoms with E-state index in [0.717, 1.165) is 44.2 Å². The van der Waals surface area contributed by atoms with Crippen LogP contribution < -0.4 is 0 Å². The molecule has 1 N–H and O–H groups in total. The molecular formula is C15H21ClN2O2. The number of carboxylic acids is 1. The molecule has 0 amide bonds. The van der Waals surface area contributed by atoms with E-state index in [1.165, 1.54) is 19.3 Å². The number of halogens is 1. The third-order valence-corrected chi connectivity index (χ3v) is 5.12. The van der Waals surface area contributed by atoms with Gasteiger partial charge in [0.25, 0.3) is 0 Å². The van der Waals surface area contributed by atoms with Gasteiger partial charge in [0, 0.05) is 5.92 Å². The minimum absolute atomic E-state index is 0.254. The Kier molecular flexibility index (Phi) is 4.01. The molecule has 0 aromatic carbocycles. The van der Waals surface area contributed by atoms with Crippen LogP contribution in [0.15, 0.2) is 0 Å². The second-order valence-electron chi connectivity index (χ2n) is 6.07. The van der Waals surface area contributed by atoms with Gasteiger partial charge in [0.15, 0.2) is 0 Å². The van der Waals surface area contributed by atoms with E-state index in [2.05, 4.69) is 5.10 Å². The Morgan fingerprint density at radius 1 is 1.10 bits per heavy atom. The van der Waals surface area contributed by atoms with Crippen molar-refractivity contribution in [1.82, 2.24) is 9.78 Å². The van der Waals surface area contributed by atoms with Crippen molar-refractivity contribution in [3.8, 4) is 0 Å². The van der Waals surface area contributed by atoms with Crippen LogP contribution in [0.5, 0.6) is 0 Å². The maximum Gasteiger partial charge on any atom is 0.340 e. The van der Waals surface area contributed by atoms with Crippen molar-refractivity contribution < 1.29 is 9.90 Å². The minimum Gasteiger partial charge on any atom is -0.478 e. The number of aromatic carboxylic acids is 1. The molecule has 0 aliphatic heterocycles. The summed E-state index contributed by atoms with van der Waals surface area (Å²) in [6.45, 7) is 0. The summed E-state index contributed by atoms with van der Waals surface area (Å²) in [5, 5.41) is 14.5. The zero-order chi connectivity index (χ0) is 14.1. The lowest BCUT2D eigenvalue weighted by Crippen LogP contribution is -2.14. The molecule has 3 rings (SSSR count). The van der Waals surface area contributed by atoms with Gasteiger partial charge in [-0.15, -0.1) is 0 Å². The number of hydrogen-bond donors (Lipinski definition) is 1. The van der Waals surface area contributed by atoms with Gasteiger partial charge < -0.3 is 5.11 Å². The molecule has 1 aromatic rings. The van der Waals surface area contributed by atoms with Gasteiger partial charge >= 0.3 is 5.97 Å². The largest absolute Gasteiger partial charge is 0.478 e. The van der Waals surface area contributed by atoms with Crippen LogP contribution in [-0.4, -0.2) is 20.9 Å². The molecule has 0 saturated heterocycles. The second kappa shape index (κ2) is 5.76. The molecule has 5 heteroatoms. The normalized spacial score (nSPS) is 21.4. The lowest BCUT2D eigenvalue weighted by Gasteiger charge is -2.22. The molecule has 0 unspecified atom stereocenters. The van der Waals surface area contributed by atoms with Crippen LogP contribution in [0, 0.1) is 0 Å². The van der Waals surface area contributed by atoms with Crippen LogP contribution in [0.4, 0.5) is 0 Å². The summed E-state index contributed by atoms with van der Waals surface area (Å²) in [4.78, 5) is 11.6. The third-order valence-electron chi connectivity index (χ3n) is 4.76. The standard InChI is InChI=1S/C15H21ClN2O2/c16-14-12(15(19)20)13(10-6-4-5-7-10)17-18(14)11-8-2-1-3-9-11/h10-11H,1-9H2,(H,19,20). The molecule has 2 saturated carbocycles. The summed E-state index contributed by atoms with van der Waals surface area (Å²) in [6.07, 6.45) is 10.2. The lowest BCUT2D eigenvalue weighted by atomic mass is 9.96. The summed E-state index contributed by atoms with van der Waals surface area (Å²) in [6, 6.07) is 0.282. The smallest absolute Gasteiger partial charge is 0.340 e. The summed E-state index contributed by atoms with van der Waals surface area (Å²) in [5.41, 5.74) is 0.981. The van der Waals surface area contributed by atoms with Crippen LogP contribution in [-0.2, 0) is 0 Å². The molecule has 0 atom stereocenters. The fourth-order valence-electron chi connectivity index (χ4n) is 3.68. The Morgan fingerprint density at radius 3 is 2.30 bits per heavy atom. The highest BCUT2D eigenvalue weighted by atomic mass is 35.5. The predicted molar refractivity (Wildman–Crippen MR) is 77.5 cm³/mol. The maximum atomic E-state index is 11.6. The average molecular weight is 297 g/mol. The molecule has 20 heavy (non-hydrogen) atoms. The fraction of sp³-hybridized carbons (Fsp3) is 0.733. The summed E-state index contributed by atoms with van der Waals surface area (Å²) >= 11 is 6.36. The molecule has 0 spiro atoms. The van der Waals surface area contributed by atoms with Gasteiger partial charge in [0.1, 0.15) is 10.7 Å². The number of carboxylic acid groups (broad SMARTS) is 1. The van der Waals surface area contributed by atoms with E-state index in [9.17, 15) is 9.90 Å². The van der Waals surface area contributed by atoms with E-state index >= 15 is 0 Å². The van der Waals surface area contributed by atoms with Gasteiger partial charge in [-0.05, 0) is 25.7 Å². The molecule has 0 radical (unpaired) electrons. The highest BCUT2D eigenvalue weighted by Gasteiger charge is 2.31. The van der Waals surface area contributed by atoms with Crippen molar-refractivity contribution in [2.45, 2.75) is 69.7 Å². The van der Waals surface area contributed by atoms with Gasteiger partial charge in [0.05, 0.1) is 11.7 Å². The fourth-order valence-corrected chi connectivity index (χ4v) is 4.03. The predicted octanol–water partition coefficient (Wildman–Crippen LogP) is 4.40. The highest BCUT2D eigenvalue weighted by molar-refractivity contribution is 6.32. The van der Waals surface area contributed by atoms with Gasteiger partial charge in [-0.25, -0.2) is 9.48 Å². The van der Waals surface area contributed by atoms with Crippen molar-refractivity contribution in [1.29, 1.82) is 0 Å². The van der Waals surface area contributed by atoms with E-state index in [4.69, 9.17) is 11.6 Å². The molecule has 4 nitrogen and oxygen atoms in total. The van der Waals surface area contributed by atoms with Gasteiger partial charge in [0.2, 0.25) is 0 Å². The lowest BCUT2D eigenvalue weighted by molar-refractivity contribution is 0.0695. The Balaban J connectivity index is 1.98. The molecule has 2 aliphatic rings. The van der Waals surface area contributed by atoms with Crippen LogP contribution in [0.25, 0.3) is 0 Å². The molecule has 2 fully saturated rings. The zero-order valence-electron chi connectivity index (χ0n) is 11.6. The molecule has 2 aliphatic carbocycles. The summed E-state index contributed by atoms with van der Waals surface area (Å²) < 4.78 is 1.80. The molecule has 1 aromatic heterocycles. The van der Waals surface area contributed by atoms with E-state index in [-0.39, 0.29) is 17.5 Å². The highest BCUT2D eigenvalue weighted by Crippen LogP contribution is 2.39.